The number of hydrogen-bond donors (Lipinski definition) is 2. The lowest BCUT2D eigenvalue weighted by Crippen LogP contribution is -2.29. The van der Waals surface area contributed by atoms with Gasteiger partial charge >= 0.3 is 0 Å². The van der Waals surface area contributed by atoms with Crippen molar-refractivity contribution in [3.63, 3.8) is 0 Å². The number of para-hydroxylation sites is 2. The lowest BCUT2D eigenvalue weighted by Gasteiger charge is -2.14. The van der Waals surface area contributed by atoms with E-state index in [-0.39, 0.29) is 0 Å². The zero-order valence-corrected chi connectivity index (χ0v) is 16.4. The van der Waals surface area contributed by atoms with Crippen LogP contribution in [0.3, 0.4) is 0 Å². The molecule has 4 aromatic rings. The van der Waals surface area contributed by atoms with Gasteiger partial charge in [0, 0.05) is 40.8 Å². The summed E-state index contributed by atoms with van der Waals surface area (Å²) in [5.41, 5.74) is 2.31. The van der Waals surface area contributed by atoms with Crippen molar-refractivity contribution >= 4 is 33.1 Å². The maximum absolute atomic E-state index is 10.6. The summed E-state index contributed by atoms with van der Waals surface area (Å²) >= 11 is 1.63. The molecule has 0 saturated carbocycles. The molecule has 0 amide bonds. The maximum Gasteiger partial charge on any atom is 0.131 e. The number of aliphatic hydroxyl groups is 1. The third kappa shape index (κ3) is 3.74. The van der Waals surface area contributed by atoms with Crippen molar-refractivity contribution in [1.29, 1.82) is 0 Å². The Balaban J connectivity index is 1.45. The van der Waals surface area contributed by atoms with E-state index < -0.39 is 6.10 Å². The number of nitrogens with zero attached hydrogens (tertiary/aromatic N) is 3. The van der Waals surface area contributed by atoms with Crippen LogP contribution in [0, 0.1) is 0 Å². The molecule has 0 aliphatic carbocycles. The van der Waals surface area contributed by atoms with E-state index >= 15 is 0 Å². The summed E-state index contributed by atoms with van der Waals surface area (Å²) in [7, 11) is 0. The van der Waals surface area contributed by atoms with Crippen molar-refractivity contribution in [2.24, 2.45) is 0 Å². The van der Waals surface area contributed by atoms with Gasteiger partial charge in [0.2, 0.25) is 0 Å². The molecule has 0 bridgehead atoms. The first-order valence-electron chi connectivity index (χ1n) is 9.30. The molecular formula is C21H24N4OS. The molecule has 4 rings (SSSR count). The van der Waals surface area contributed by atoms with E-state index in [1.807, 2.05) is 12.1 Å². The number of rotatable bonds is 7. The van der Waals surface area contributed by atoms with Crippen molar-refractivity contribution in [3.8, 4) is 0 Å². The number of aliphatic hydroxyl groups excluding tert-OH is 1. The summed E-state index contributed by atoms with van der Waals surface area (Å²) in [5.74, 6) is 0.400. The second-order valence-electron chi connectivity index (χ2n) is 7.12. The zero-order chi connectivity index (χ0) is 18.8. The van der Waals surface area contributed by atoms with Gasteiger partial charge in [0.25, 0.3) is 0 Å². The molecule has 0 spiro atoms. The van der Waals surface area contributed by atoms with Crippen LogP contribution in [0.15, 0.2) is 48.5 Å². The fraction of sp³-hybridized carbons (Fsp3) is 0.333. The molecule has 1 atom stereocenters. The second-order valence-corrected chi connectivity index (χ2v) is 8.21. The van der Waals surface area contributed by atoms with Crippen LogP contribution in [-0.2, 0) is 13.1 Å². The van der Waals surface area contributed by atoms with E-state index in [1.54, 1.807) is 11.3 Å². The van der Waals surface area contributed by atoms with Crippen LogP contribution >= 0.6 is 11.3 Å². The van der Waals surface area contributed by atoms with Crippen LogP contribution in [0.5, 0.6) is 0 Å². The van der Waals surface area contributed by atoms with E-state index in [9.17, 15) is 5.11 Å². The Morgan fingerprint density at radius 1 is 1.00 bits per heavy atom. The molecule has 2 N–H and O–H groups in total. The van der Waals surface area contributed by atoms with Gasteiger partial charge < -0.3 is 15.0 Å². The van der Waals surface area contributed by atoms with Crippen molar-refractivity contribution in [2.75, 3.05) is 6.54 Å². The highest BCUT2D eigenvalue weighted by molar-refractivity contribution is 7.11. The highest BCUT2D eigenvalue weighted by Crippen LogP contribution is 2.28. The van der Waals surface area contributed by atoms with Gasteiger partial charge in [0.1, 0.15) is 10.0 Å². The Kier molecular flexibility index (Phi) is 5.20. The van der Waals surface area contributed by atoms with Crippen LogP contribution in [-0.4, -0.2) is 32.5 Å². The first-order chi connectivity index (χ1) is 13.1. The molecule has 0 fully saturated rings. The van der Waals surface area contributed by atoms with Crippen LogP contribution in [0.1, 0.15) is 29.8 Å². The standard InChI is InChI=1S/C21H24N4OS/c1-14(2)21-24-23-20(27-21)12-22-11-15(26)13-25-18-9-5-3-7-16(18)17-8-4-6-10-19(17)25/h3-10,14-15,22,26H,11-13H2,1-2H3. The van der Waals surface area contributed by atoms with Gasteiger partial charge in [0.05, 0.1) is 12.6 Å². The summed E-state index contributed by atoms with van der Waals surface area (Å²) < 4.78 is 2.21. The highest BCUT2D eigenvalue weighted by atomic mass is 32.1. The topological polar surface area (TPSA) is 63.0 Å². The minimum Gasteiger partial charge on any atom is -0.390 e. The van der Waals surface area contributed by atoms with E-state index in [0.717, 1.165) is 21.0 Å². The maximum atomic E-state index is 10.6. The predicted octanol–water partition coefficient (Wildman–Crippen LogP) is 3.92. The largest absolute Gasteiger partial charge is 0.390 e. The highest BCUT2D eigenvalue weighted by Gasteiger charge is 2.13. The summed E-state index contributed by atoms with van der Waals surface area (Å²) in [4.78, 5) is 0. The third-order valence-corrected chi connectivity index (χ3v) is 5.93. The smallest absolute Gasteiger partial charge is 0.131 e. The average molecular weight is 381 g/mol. The van der Waals surface area contributed by atoms with Crippen molar-refractivity contribution in [2.45, 2.75) is 39.0 Å². The Hall–Kier alpha value is -2.28. The van der Waals surface area contributed by atoms with E-state index in [0.29, 0.717) is 25.6 Å². The normalized spacial score (nSPS) is 13.0. The molecule has 0 aliphatic rings. The zero-order valence-electron chi connectivity index (χ0n) is 15.6. The van der Waals surface area contributed by atoms with Gasteiger partial charge in [-0.1, -0.05) is 61.6 Å². The van der Waals surface area contributed by atoms with E-state index in [1.165, 1.54) is 10.8 Å². The number of nitrogens with one attached hydrogen (secondary N) is 1. The minimum atomic E-state index is -0.485. The van der Waals surface area contributed by atoms with Gasteiger partial charge in [0.15, 0.2) is 0 Å². The molecule has 0 radical (unpaired) electrons. The number of hydrogen-bond acceptors (Lipinski definition) is 5. The summed E-state index contributed by atoms with van der Waals surface area (Å²) in [6.45, 7) is 5.93. The van der Waals surface area contributed by atoms with Gasteiger partial charge in [-0.3, -0.25) is 0 Å². The van der Waals surface area contributed by atoms with Crippen LogP contribution < -0.4 is 5.32 Å². The SMILES string of the molecule is CC(C)c1nnc(CNCC(O)Cn2c3ccccc3c3ccccc32)s1. The molecule has 0 saturated heterocycles. The minimum absolute atomic E-state index is 0.400. The second kappa shape index (κ2) is 7.76. The molecule has 2 aromatic heterocycles. The monoisotopic (exact) mass is 380 g/mol. The molecule has 140 valence electrons. The fourth-order valence-electron chi connectivity index (χ4n) is 3.39. The van der Waals surface area contributed by atoms with Crippen molar-refractivity contribution in [1.82, 2.24) is 20.1 Å². The van der Waals surface area contributed by atoms with E-state index in [2.05, 4.69) is 70.3 Å². The lowest BCUT2D eigenvalue weighted by molar-refractivity contribution is 0.154. The van der Waals surface area contributed by atoms with E-state index in [4.69, 9.17) is 0 Å². The molecule has 1 unspecified atom stereocenters. The fourth-order valence-corrected chi connectivity index (χ4v) is 4.21. The number of fused-ring (bicyclic) bond motifs is 3. The number of benzene rings is 2. The predicted molar refractivity (Wildman–Crippen MR) is 111 cm³/mol. The van der Waals surface area contributed by atoms with Gasteiger partial charge in [-0.25, -0.2) is 0 Å². The molecule has 0 aliphatic heterocycles. The summed E-state index contributed by atoms with van der Waals surface area (Å²) in [6.07, 6.45) is -0.485. The quantitative estimate of drug-likeness (QED) is 0.510. The van der Waals surface area contributed by atoms with Crippen molar-refractivity contribution < 1.29 is 5.11 Å². The Bertz CT molecular complexity index is 999. The first kappa shape index (κ1) is 18.1. The molecule has 6 heteroatoms. The van der Waals surface area contributed by atoms with Crippen molar-refractivity contribution in [3.05, 3.63) is 58.5 Å². The Morgan fingerprint density at radius 2 is 1.63 bits per heavy atom. The van der Waals surface area contributed by atoms with Crippen LogP contribution in [0.25, 0.3) is 21.8 Å². The molecule has 27 heavy (non-hydrogen) atoms. The number of aromatic nitrogens is 3. The lowest BCUT2D eigenvalue weighted by atomic mass is 10.2. The van der Waals surface area contributed by atoms with Crippen LogP contribution in [0.2, 0.25) is 0 Å². The molecule has 2 aromatic carbocycles. The molecular weight excluding hydrogens is 356 g/mol. The third-order valence-electron chi connectivity index (χ3n) is 4.71. The molecule has 2 heterocycles. The average Bonchev–Trinajstić information content (AvgIpc) is 3.26. The van der Waals surface area contributed by atoms with Crippen LogP contribution in [0.4, 0.5) is 0 Å². The Labute approximate surface area is 162 Å². The van der Waals surface area contributed by atoms with Gasteiger partial charge in [-0.2, -0.15) is 0 Å². The molecule has 5 nitrogen and oxygen atoms in total. The first-order valence-corrected chi connectivity index (χ1v) is 10.1. The van der Waals surface area contributed by atoms with Gasteiger partial charge in [-0.05, 0) is 12.1 Å². The summed E-state index contributed by atoms with van der Waals surface area (Å²) in [5, 5.41) is 26.8. The van der Waals surface area contributed by atoms with Gasteiger partial charge in [-0.15, -0.1) is 10.2 Å². The Morgan fingerprint density at radius 3 is 2.22 bits per heavy atom. The summed E-state index contributed by atoms with van der Waals surface area (Å²) in [6, 6.07) is 16.7.